The van der Waals surface area contributed by atoms with Gasteiger partial charge in [-0.05, 0) is 40.2 Å². The summed E-state index contributed by atoms with van der Waals surface area (Å²) in [7, 11) is 3.12. The number of carbonyl (C=O) groups excluding carboxylic acids is 1. The maximum absolute atomic E-state index is 12.0. The summed E-state index contributed by atoms with van der Waals surface area (Å²) >= 11 is 4.71. The van der Waals surface area contributed by atoms with Gasteiger partial charge >= 0.3 is 0 Å². The Kier molecular flexibility index (Phi) is 4.44. The van der Waals surface area contributed by atoms with E-state index in [0.717, 1.165) is 3.79 Å². The van der Waals surface area contributed by atoms with E-state index in [2.05, 4.69) is 21.2 Å². The second kappa shape index (κ2) is 6.08. The first-order valence-electron chi connectivity index (χ1n) is 5.42. The fourth-order valence-electron chi connectivity index (χ4n) is 1.54. The molecule has 0 spiro atoms. The number of hydrogen-bond donors (Lipinski definition) is 1. The second-order valence-corrected chi connectivity index (χ2v) is 6.09. The highest BCUT2D eigenvalue weighted by Gasteiger charge is 2.10. The van der Waals surface area contributed by atoms with Gasteiger partial charge in [0.25, 0.3) is 5.91 Å². The van der Waals surface area contributed by atoms with Crippen molar-refractivity contribution in [3.05, 3.63) is 39.0 Å². The highest BCUT2D eigenvalue weighted by atomic mass is 79.9. The van der Waals surface area contributed by atoms with Crippen LogP contribution in [-0.4, -0.2) is 20.1 Å². The lowest BCUT2D eigenvalue weighted by molar-refractivity contribution is 0.103. The molecular weight excluding hydrogens is 330 g/mol. The third-order valence-electron chi connectivity index (χ3n) is 2.44. The summed E-state index contributed by atoms with van der Waals surface area (Å²) in [5.74, 6) is 1.05. The Bertz CT molecular complexity index is 597. The van der Waals surface area contributed by atoms with Crippen molar-refractivity contribution in [1.82, 2.24) is 0 Å². The van der Waals surface area contributed by atoms with Gasteiger partial charge in [-0.2, -0.15) is 0 Å². The van der Waals surface area contributed by atoms with Crippen molar-refractivity contribution in [3.8, 4) is 11.5 Å². The Balaban J connectivity index is 2.17. The number of nitrogens with one attached hydrogen (secondary N) is 1. The first-order chi connectivity index (χ1) is 9.13. The average molecular weight is 342 g/mol. The molecule has 1 N–H and O–H groups in total. The number of hydrogen-bond acceptors (Lipinski definition) is 4. The van der Waals surface area contributed by atoms with E-state index in [4.69, 9.17) is 9.47 Å². The Labute approximate surface area is 123 Å². The normalized spacial score (nSPS) is 10.1. The van der Waals surface area contributed by atoms with Crippen molar-refractivity contribution in [1.29, 1.82) is 0 Å². The zero-order chi connectivity index (χ0) is 13.8. The number of thiophene rings is 1. The minimum absolute atomic E-state index is 0.150. The minimum Gasteiger partial charge on any atom is -0.493 e. The van der Waals surface area contributed by atoms with E-state index in [1.165, 1.54) is 11.3 Å². The van der Waals surface area contributed by atoms with E-state index in [0.29, 0.717) is 22.1 Å². The molecule has 6 heteroatoms. The Morgan fingerprint density at radius 2 is 1.89 bits per heavy atom. The van der Waals surface area contributed by atoms with E-state index in [-0.39, 0.29) is 5.91 Å². The first kappa shape index (κ1) is 13.9. The fraction of sp³-hybridized carbons (Fsp3) is 0.154. The highest BCUT2D eigenvalue weighted by Crippen LogP contribution is 2.30. The Hall–Kier alpha value is -1.53. The van der Waals surface area contributed by atoms with Gasteiger partial charge in [-0.3, -0.25) is 4.79 Å². The van der Waals surface area contributed by atoms with Gasteiger partial charge in [-0.1, -0.05) is 0 Å². The third kappa shape index (κ3) is 3.27. The van der Waals surface area contributed by atoms with Gasteiger partial charge in [0.1, 0.15) is 0 Å². The summed E-state index contributed by atoms with van der Waals surface area (Å²) in [5, 5.41) is 2.81. The fourth-order valence-corrected chi connectivity index (χ4v) is 2.82. The van der Waals surface area contributed by atoms with Crippen molar-refractivity contribution in [3.63, 3.8) is 0 Å². The second-order valence-electron chi connectivity index (χ2n) is 3.63. The van der Waals surface area contributed by atoms with E-state index in [9.17, 15) is 4.79 Å². The molecule has 2 aromatic rings. The van der Waals surface area contributed by atoms with Crippen LogP contribution in [0.15, 0.2) is 34.1 Å². The van der Waals surface area contributed by atoms with Crippen molar-refractivity contribution in [2.75, 3.05) is 19.5 Å². The van der Waals surface area contributed by atoms with Gasteiger partial charge in [-0.15, -0.1) is 11.3 Å². The van der Waals surface area contributed by atoms with Gasteiger partial charge in [-0.25, -0.2) is 0 Å². The topological polar surface area (TPSA) is 47.6 Å². The first-order valence-corrected chi connectivity index (χ1v) is 7.03. The molecule has 0 saturated carbocycles. The molecule has 4 nitrogen and oxygen atoms in total. The molecule has 0 radical (unpaired) electrons. The lowest BCUT2D eigenvalue weighted by atomic mass is 10.2. The van der Waals surface area contributed by atoms with Crippen molar-refractivity contribution >= 4 is 38.9 Å². The number of methoxy groups -OCH3 is 2. The average Bonchev–Trinajstić information content (AvgIpc) is 2.85. The molecule has 0 aliphatic carbocycles. The van der Waals surface area contributed by atoms with Gasteiger partial charge in [0, 0.05) is 11.8 Å². The summed E-state index contributed by atoms with van der Waals surface area (Å²) in [5.41, 5.74) is 0.659. The molecule has 100 valence electrons. The predicted molar refractivity (Wildman–Crippen MR) is 79.5 cm³/mol. The third-order valence-corrected chi connectivity index (χ3v) is 4.06. The van der Waals surface area contributed by atoms with Crippen molar-refractivity contribution < 1.29 is 14.3 Å². The van der Waals surface area contributed by atoms with Crippen molar-refractivity contribution in [2.24, 2.45) is 0 Å². The molecule has 2 rings (SSSR count). The van der Waals surface area contributed by atoms with Gasteiger partial charge in [0.2, 0.25) is 0 Å². The molecule has 0 unspecified atom stereocenters. The molecule has 1 heterocycles. The molecule has 0 saturated heterocycles. The standard InChI is InChI=1S/C13H12BrNO3S/c1-17-9-4-3-8(7-10(9)18-2)15-13(16)11-5-6-12(14)19-11/h3-7H,1-2H3,(H,15,16). The summed E-state index contributed by atoms with van der Waals surface area (Å²) < 4.78 is 11.3. The number of anilines is 1. The molecule has 1 aromatic carbocycles. The number of carbonyl (C=O) groups is 1. The molecule has 0 aliphatic rings. The van der Waals surface area contributed by atoms with Crippen molar-refractivity contribution in [2.45, 2.75) is 0 Å². The van der Waals surface area contributed by atoms with Gasteiger partial charge in [0.15, 0.2) is 11.5 Å². The zero-order valence-electron chi connectivity index (χ0n) is 10.4. The molecule has 19 heavy (non-hydrogen) atoms. The van der Waals surface area contributed by atoms with Crippen LogP contribution >= 0.6 is 27.3 Å². The molecule has 1 aromatic heterocycles. The SMILES string of the molecule is COc1ccc(NC(=O)c2ccc(Br)s2)cc1OC. The number of amides is 1. The molecule has 0 fully saturated rings. The highest BCUT2D eigenvalue weighted by molar-refractivity contribution is 9.11. The summed E-state index contributed by atoms with van der Waals surface area (Å²) in [6.45, 7) is 0. The summed E-state index contributed by atoms with van der Waals surface area (Å²) in [6, 6.07) is 8.85. The molecule has 1 amide bonds. The van der Waals surface area contributed by atoms with Crippen LogP contribution in [0.3, 0.4) is 0 Å². The maximum atomic E-state index is 12.0. The van der Waals surface area contributed by atoms with Crippen LogP contribution < -0.4 is 14.8 Å². The molecular formula is C13H12BrNO3S. The van der Waals surface area contributed by atoms with Crippen LogP contribution in [0.4, 0.5) is 5.69 Å². The van der Waals surface area contributed by atoms with Crippen LogP contribution in [0, 0.1) is 0 Å². The summed E-state index contributed by atoms with van der Waals surface area (Å²) in [4.78, 5) is 12.6. The van der Waals surface area contributed by atoms with Crippen LogP contribution in [0.25, 0.3) is 0 Å². The van der Waals surface area contributed by atoms with Gasteiger partial charge < -0.3 is 14.8 Å². The number of ether oxygens (including phenoxy) is 2. The number of halogens is 1. The summed E-state index contributed by atoms with van der Waals surface area (Å²) in [6.07, 6.45) is 0. The van der Waals surface area contributed by atoms with Crippen LogP contribution in [0.1, 0.15) is 9.67 Å². The minimum atomic E-state index is -0.150. The molecule has 0 aliphatic heterocycles. The quantitative estimate of drug-likeness (QED) is 0.920. The lowest BCUT2D eigenvalue weighted by Crippen LogP contribution is -2.10. The Morgan fingerprint density at radius 3 is 2.47 bits per heavy atom. The molecule has 0 bridgehead atoms. The van der Waals surface area contributed by atoms with Crippen LogP contribution in [0.2, 0.25) is 0 Å². The predicted octanol–water partition coefficient (Wildman–Crippen LogP) is 3.78. The van der Waals surface area contributed by atoms with E-state index < -0.39 is 0 Å². The number of benzene rings is 1. The largest absolute Gasteiger partial charge is 0.493 e. The van der Waals surface area contributed by atoms with Gasteiger partial charge in [0.05, 0.1) is 22.9 Å². The Morgan fingerprint density at radius 1 is 1.16 bits per heavy atom. The maximum Gasteiger partial charge on any atom is 0.265 e. The lowest BCUT2D eigenvalue weighted by Gasteiger charge is -2.10. The monoisotopic (exact) mass is 341 g/mol. The van der Waals surface area contributed by atoms with E-state index in [1.54, 1.807) is 38.5 Å². The zero-order valence-corrected chi connectivity index (χ0v) is 12.8. The smallest absolute Gasteiger partial charge is 0.265 e. The molecule has 0 atom stereocenters. The van der Waals surface area contributed by atoms with E-state index in [1.807, 2.05) is 6.07 Å². The van der Waals surface area contributed by atoms with E-state index >= 15 is 0 Å². The van der Waals surface area contributed by atoms with Crippen LogP contribution in [0.5, 0.6) is 11.5 Å². The number of rotatable bonds is 4. The van der Waals surface area contributed by atoms with Crippen LogP contribution in [-0.2, 0) is 0 Å².